The second-order valence-corrected chi connectivity index (χ2v) is 6.19. The van der Waals surface area contributed by atoms with Crippen LogP contribution >= 0.6 is 0 Å². The summed E-state index contributed by atoms with van der Waals surface area (Å²) in [5.74, 6) is -8.31. The van der Waals surface area contributed by atoms with Crippen molar-refractivity contribution in [2.24, 2.45) is 5.92 Å². The number of anilines is 1. The van der Waals surface area contributed by atoms with Crippen LogP contribution in [0.2, 0.25) is 0 Å². The van der Waals surface area contributed by atoms with Crippen LogP contribution in [0.5, 0.6) is 0 Å². The Morgan fingerprint density at radius 2 is 1.61 bits per heavy atom. The molecule has 0 saturated carbocycles. The molecule has 1 aromatic carbocycles. The molecule has 3 N–H and O–H groups in total. The van der Waals surface area contributed by atoms with Crippen LogP contribution in [0.25, 0.3) is 0 Å². The number of hydrogen-bond acceptors (Lipinski definition) is 3. The molecule has 0 bridgehead atoms. The lowest BCUT2D eigenvalue weighted by molar-refractivity contribution is -0.0283. The summed E-state index contributed by atoms with van der Waals surface area (Å²) in [6, 6.07) is 0. The zero-order chi connectivity index (χ0) is 17.9. The van der Waals surface area contributed by atoms with Gasteiger partial charge in [0.05, 0.1) is 5.60 Å². The third kappa shape index (κ3) is 4.57. The van der Waals surface area contributed by atoms with Crippen LogP contribution in [0.4, 0.5) is 23.2 Å². The van der Waals surface area contributed by atoms with Crippen molar-refractivity contribution in [1.82, 2.24) is 5.32 Å². The molecule has 0 heterocycles. The number of carbonyl (C=O) groups excluding carboxylic acids is 1. The summed E-state index contributed by atoms with van der Waals surface area (Å²) >= 11 is 0. The Morgan fingerprint density at radius 1 is 1.13 bits per heavy atom. The van der Waals surface area contributed by atoms with Crippen molar-refractivity contribution in [2.75, 3.05) is 18.9 Å². The highest BCUT2D eigenvalue weighted by atomic mass is 19.2. The summed E-state index contributed by atoms with van der Waals surface area (Å²) in [7, 11) is 0. The van der Waals surface area contributed by atoms with Crippen LogP contribution < -0.4 is 11.1 Å². The standard InChI is InChI=1S/C15H20F4N2O2/c1-7(2)5-23-15(3,4)6-21-14(22)8-9(16)11(18)13(20)12(19)10(8)17/h7H,5-6,20H2,1-4H3,(H,21,22). The highest BCUT2D eigenvalue weighted by Crippen LogP contribution is 2.25. The Kier molecular flexibility index (Phi) is 5.98. The van der Waals surface area contributed by atoms with Crippen LogP contribution in [-0.2, 0) is 4.74 Å². The van der Waals surface area contributed by atoms with Crippen molar-refractivity contribution in [3.05, 3.63) is 28.8 Å². The van der Waals surface area contributed by atoms with Crippen LogP contribution in [0, 0.1) is 29.2 Å². The Bertz CT molecular complexity index is 575. The fourth-order valence-corrected chi connectivity index (χ4v) is 1.67. The third-order valence-corrected chi connectivity index (χ3v) is 3.01. The summed E-state index contributed by atoms with van der Waals surface area (Å²) in [5, 5.41) is 2.20. The number of carbonyl (C=O) groups is 1. The van der Waals surface area contributed by atoms with Crippen LogP contribution in [-0.4, -0.2) is 24.7 Å². The predicted octanol–water partition coefficient (Wildman–Crippen LogP) is 3.01. The van der Waals surface area contributed by atoms with E-state index in [1.807, 2.05) is 13.8 Å². The van der Waals surface area contributed by atoms with Gasteiger partial charge in [0, 0.05) is 13.2 Å². The largest absolute Gasteiger partial charge is 0.394 e. The van der Waals surface area contributed by atoms with Gasteiger partial charge in [0.15, 0.2) is 23.3 Å². The van der Waals surface area contributed by atoms with Crippen molar-refractivity contribution in [1.29, 1.82) is 0 Å². The molecule has 1 amide bonds. The maximum atomic E-state index is 13.7. The first-order valence-electron chi connectivity index (χ1n) is 7.01. The van der Waals surface area contributed by atoms with Crippen LogP contribution in [0.1, 0.15) is 38.1 Å². The van der Waals surface area contributed by atoms with Crippen LogP contribution in [0.15, 0.2) is 0 Å². The molecule has 8 heteroatoms. The molecule has 0 aliphatic carbocycles. The van der Waals surface area contributed by atoms with Gasteiger partial charge in [-0.15, -0.1) is 0 Å². The summed E-state index contributed by atoms with van der Waals surface area (Å²) in [6.07, 6.45) is 0. The van der Waals surface area contributed by atoms with E-state index < -0.39 is 46.0 Å². The van der Waals surface area contributed by atoms with Gasteiger partial charge in [-0.25, -0.2) is 17.6 Å². The predicted molar refractivity (Wildman–Crippen MR) is 77.9 cm³/mol. The number of rotatable bonds is 6. The quantitative estimate of drug-likeness (QED) is 0.477. The van der Waals surface area contributed by atoms with Gasteiger partial charge in [0.25, 0.3) is 5.91 Å². The smallest absolute Gasteiger partial charge is 0.257 e. The van der Waals surface area contributed by atoms with E-state index in [0.717, 1.165) is 0 Å². The fourth-order valence-electron chi connectivity index (χ4n) is 1.67. The Morgan fingerprint density at radius 3 is 2.04 bits per heavy atom. The van der Waals surface area contributed by atoms with Gasteiger partial charge in [-0.3, -0.25) is 4.79 Å². The van der Waals surface area contributed by atoms with E-state index in [0.29, 0.717) is 6.61 Å². The van der Waals surface area contributed by atoms with Crippen molar-refractivity contribution in [2.45, 2.75) is 33.3 Å². The average molecular weight is 336 g/mol. The van der Waals surface area contributed by atoms with E-state index in [1.54, 1.807) is 13.8 Å². The SMILES string of the molecule is CC(C)COC(C)(C)CNC(=O)c1c(F)c(F)c(N)c(F)c1F. The first-order valence-corrected chi connectivity index (χ1v) is 7.01. The van der Waals surface area contributed by atoms with E-state index in [1.165, 1.54) is 0 Å². The lowest BCUT2D eigenvalue weighted by atomic mass is 10.1. The molecular formula is C15H20F4N2O2. The number of halogens is 4. The van der Waals surface area contributed by atoms with Gasteiger partial charge in [0.2, 0.25) is 0 Å². The normalized spacial score (nSPS) is 11.9. The monoisotopic (exact) mass is 336 g/mol. The summed E-state index contributed by atoms with van der Waals surface area (Å²) < 4.78 is 59.6. The molecule has 0 atom stereocenters. The zero-order valence-corrected chi connectivity index (χ0v) is 13.4. The highest BCUT2D eigenvalue weighted by molar-refractivity contribution is 5.95. The molecule has 0 spiro atoms. The summed E-state index contributed by atoms with van der Waals surface area (Å²) in [4.78, 5) is 11.9. The van der Waals surface area contributed by atoms with Crippen molar-refractivity contribution < 1.29 is 27.1 Å². The molecule has 0 unspecified atom stereocenters. The summed E-state index contributed by atoms with van der Waals surface area (Å²) in [5.41, 5.74) is 1.40. The molecule has 0 radical (unpaired) electrons. The number of nitrogens with two attached hydrogens (primary N) is 1. The van der Waals surface area contributed by atoms with E-state index >= 15 is 0 Å². The van der Waals surface area contributed by atoms with Crippen molar-refractivity contribution >= 4 is 11.6 Å². The Balaban J connectivity index is 2.92. The topological polar surface area (TPSA) is 64.3 Å². The molecule has 0 aliphatic heterocycles. The average Bonchev–Trinajstić information content (AvgIpc) is 2.47. The van der Waals surface area contributed by atoms with Gasteiger partial charge in [-0.1, -0.05) is 13.8 Å². The molecule has 23 heavy (non-hydrogen) atoms. The van der Waals surface area contributed by atoms with E-state index in [2.05, 4.69) is 5.32 Å². The first-order chi connectivity index (χ1) is 10.5. The molecule has 1 aromatic rings. The molecule has 130 valence electrons. The molecule has 0 aliphatic rings. The molecule has 0 aromatic heterocycles. The molecule has 4 nitrogen and oxygen atoms in total. The highest BCUT2D eigenvalue weighted by Gasteiger charge is 2.29. The Labute approximate surface area is 132 Å². The van der Waals surface area contributed by atoms with E-state index in [-0.39, 0.29) is 12.5 Å². The number of hydrogen-bond donors (Lipinski definition) is 2. The minimum absolute atomic E-state index is 0.106. The summed E-state index contributed by atoms with van der Waals surface area (Å²) in [6.45, 7) is 7.49. The van der Waals surface area contributed by atoms with E-state index in [4.69, 9.17) is 10.5 Å². The van der Waals surface area contributed by atoms with Crippen molar-refractivity contribution in [3.63, 3.8) is 0 Å². The third-order valence-electron chi connectivity index (χ3n) is 3.01. The molecule has 1 rings (SSSR count). The number of nitrogen functional groups attached to an aromatic ring is 1. The van der Waals surface area contributed by atoms with Gasteiger partial charge < -0.3 is 15.8 Å². The van der Waals surface area contributed by atoms with Gasteiger partial charge in [-0.05, 0) is 19.8 Å². The van der Waals surface area contributed by atoms with Gasteiger partial charge in [0.1, 0.15) is 11.3 Å². The van der Waals surface area contributed by atoms with Crippen LogP contribution in [0.3, 0.4) is 0 Å². The minimum Gasteiger partial charge on any atom is -0.394 e. The van der Waals surface area contributed by atoms with E-state index in [9.17, 15) is 22.4 Å². The van der Waals surface area contributed by atoms with Gasteiger partial charge in [-0.2, -0.15) is 0 Å². The van der Waals surface area contributed by atoms with Gasteiger partial charge >= 0.3 is 0 Å². The second kappa shape index (κ2) is 7.16. The lowest BCUT2D eigenvalue weighted by Crippen LogP contribution is -2.41. The lowest BCUT2D eigenvalue weighted by Gasteiger charge is -2.26. The number of benzene rings is 1. The maximum Gasteiger partial charge on any atom is 0.257 e. The zero-order valence-electron chi connectivity index (χ0n) is 13.4. The fraction of sp³-hybridized carbons (Fsp3) is 0.533. The molecule has 0 fully saturated rings. The number of nitrogens with one attached hydrogen (secondary N) is 1. The molecular weight excluding hydrogens is 316 g/mol. The second-order valence-electron chi connectivity index (χ2n) is 6.19. The maximum absolute atomic E-state index is 13.7. The Hall–Kier alpha value is -1.83. The minimum atomic E-state index is -1.83. The number of amides is 1. The van der Waals surface area contributed by atoms with Crippen molar-refractivity contribution in [3.8, 4) is 0 Å². The first kappa shape index (κ1) is 19.2. The number of ether oxygens (including phenoxy) is 1. The molecule has 0 saturated heterocycles.